The van der Waals surface area contributed by atoms with Gasteiger partial charge in [-0.1, -0.05) is 135 Å². The number of cyclic esters (lactones) is 4. The van der Waals surface area contributed by atoms with Crippen molar-refractivity contribution in [3.8, 4) is 0 Å². The van der Waals surface area contributed by atoms with Gasteiger partial charge in [0.15, 0.2) is 0 Å². The van der Waals surface area contributed by atoms with Crippen LogP contribution in [-0.4, -0.2) is 117 Å². The second-order valence-corrected chi connectivity index (χ2v) is 32.7. The molecule has 4 heterocycles. The Kier molecular flexibility index (Phi) is 22.1. The molecule has 4 saturated heterocycles. The topological polar surface area (TPSA) is 240 Å². The maximum absolute atomic E-state index is 12.1. The quantitative estimate of drug-likeness (QED) is 0.0657. The van der Waals surface area contributed by atoms with Gasteiger partial charge in [0.2, 0.25) is 0 Å². The lowest BCUT2D eigenvalue weighted by Gasteiger charge is -2.57. The second-order valence-electron chi connectivity index (χ2n) is 32.7. The number of rotatable bonds is 8. The largest absolute Gasteiger partial charge is 0.462 e. The molecule has 8 aliphatic carbocycles. The lowest BCUT2D eigenvalue weighted by molar-refractivity contribution is -0.136. The molecule has 520 valence electrons. The summed E-state index contributed by atoms with van der Waals surface area (Å²) in [5.41, 5.74) is 6.11. The van der Waals surface area contributed by atoms with Crippen molar-refractivity contribution in [1.82, 2.24) is 0 Å². The number of aliphatic hydroxyl groups excluding tert-OH is 3. The molecule has 0 spiro atoms. The number of esters is 4. The molecule has 5 N–H and O–H groups in total. The maximum atomic E-state index is 12.1. The summed E-state index contributed by atoms with van der Waals surface area (Å²) in [7, 11) is 0. The third-order valence-corrected chi connectivity index (χ3v) is 27.6. The van der Waals surface area contributed by atoms with Crippen LogP contribution < -0.4 is 0 Å². The predicted octanol–water partition coefficient (Wildman–Crippen LogP) is 12.9. The fourth-order valence-electron chi connectivity index (χ4n) is 20.7. The van der Waals surface area contributed by atoms with E-state index in [2.05, 4.69) is 87.8 Å². The van der Waals surface area contributed by atoms with Crippen molar-refractivity contribution < 1.29 is 73.2 Å². The van der Waals surface area contributed by atoms with Crippen LogP contribution in [0.4, 0.5) is 0 Å². The van der Waals surface area contributed by atoms with E-state index >= 15 is 0 Å². The molecule has 12 rings (SSSR count). The standard InChI is InChI=1S/2C20H30O4.C20H28O3.C19H26O4/c2*1-12-5-7-16-13(2)20(4,23)10-9-19(16,3)15(12)8-6-14-17(21)11-24-18(14)22;1-12-5-7-17-14(3)18(21)9-10-20(17,4)16(12)8-6-15-13(2)11-23-19(15)22;1-11-4-6-15-12(2)16(20)8-9-19(15,3)14(11)7-5-13-17(21)10-23-18(13)22/h2*6,13,15-17,21,23H,1,5,7-11H2,2-4H3;6,13-14,16-17H,1,5,7-11H2,2-4H3;5,12,14-15,17,21H,1,4,6-10H2,2-3H3/b2*14-6+;15-6+;13-5+/t13-,15-,16-,17-,19+,20+;13-,15-,16-,17-,19+,20-;13-,14-,16-,17-,20+;12-,14-,15-,17-,19+/m1111/s1. The fraction of sp³-hybridized carbons (Fsp3) is 0.722. The average molecular weight is 1300 g/mol. The summed E-state index contributed by atoms with van der Waals surface area (Å²) in [6.45, 7) is 41.6. The number of ketones is 2. The number of carbonyl (C=O) groups is 6. The van der Waals surface area contributed by atoms with Gasteiger partial charge in [-0.25, -0.2) is 19.2 Å². The van der Waals surface area contributed by atoms with Crippen LogP contribution in [0.25, 0.3) is 0 Å². The van der Waals surface area contributed by atoms with Crippen molar-refractivity contribution in [2.45, 2.75) is 234 Å². The molecule has 4 aliphatic heterocycles. The molecule has 0 radical (unpaired) electrons. The van der Waals surface area contributed by atoms with Crippen LogP contribution in [-0.2, 0) is 47.7 Å². The summed E-state index contributed by atoms with van der Waals surface area (Å²) < 4.78 is 19.8. The Morgan fingerprint density at radius 3 is 0.926 bits per heavy atom. The van der Waals surface area contributed by atoms with Gasteiger partial charge in [0, 0.05) is 36.2 Å². The first kappa shape index (κ1) is 73.2. The van der Waals surface area contributed by atoms with Crippen LogP contribution in [0.2, 0.25) is 0 Å². The summed E-state index contributed by atoms with van der Waals surface area (Å²) >= 11 is 0. The Hall–Kier alpha value is -5.06. The maximum Gasteiger partial charge on any atom is 0.336 e. The fourth-order valence-corrected chi connectivity index (χ4v) is 20.7. The van der Waals surface area contributed by atoms with Gasteiger partial charge in [-0.2, -0.15) is 0 Å². The van der Waals surface area contributed by atoms with Crippen LogP contribution in [0, 0.1) is 98.6 Å². The molecule has 0 bridgehead atoms. The summed E-state index contributed by atoms with van der Waals surface area (Å²) in [4.78, 5) is 71.2. The van der Waals surface area contributed by atoms with Crippen molar-refractivity contribution in [1.29, 1.82) is 0 Å². The van der Waals surface area contributed by atoms with Crippen LogP contribution in [0.5, 0.6) is 0 Å². The van der Waals surface area contributed by atoms with E-state index in [9.17, 15) is 54.3 Å². The highest BCUT2D eigenvalue weighted by atomic mass is 16.6. The number of fused-ring (bicyclic) bond motifs is 4. The molecular formula is C79H114O15. The molecule has 12 fully saturated rings. The minimum Gasteiger partial charge on any atom is -0.462 e. The molecule has 12 aliphatic rings. The number of Topliss-reactive ketones (excluding diaryl/α,β-unsaturated/α-hetero) is 2. The average Bonchev–Trinajstić information content (AvgIpc) is 0.813. The van der Waals surface area contributed by atoms with E-state index in [4.69, 9.17) is 18.9 Å². The minimum atomic E-state index is -0.810. The molecule has 0 aromatic heterocycles. The van der Waals surface area contributed by atoms with Gasteiger partial charge in [-0.3, -0.25) is 9.59 Å². The number of allylic oxidation sites excluding steroid dienone is 8. The van der Waals surface area contributed by atoms with E-state index in [-0.39, 0.29) is 94.8 Å². The van der Waals surface area contributed by atoms with Crippen LogP contribution >= 0.6 is 0 Å². The van der Waals surface area contributed by atoms with E-state index in [0.717, 1.165) is 102 Å². The molecule has 15 heteroatoms. The zero-order chi connectivity index (χ0) is 68.9. The van der Waals surface area contributed by atoms with Crippen molar-refractivity contribution in [2.75, 3.05) is 26.4 Å². The van der Waals surface area contributed by atoms with Gasteiger partial charge in [0.25, 0.3) is 0 Å². The monoisotopic (exact) mass is 1300 g/mol. The van der Waals surface area contributed by atoms with Gasteiger partial charge in [-0.15, -0.1) is 0 Å². The lowest BCUT2D eigenvalue weighted by atomic mass is 9.48. The first-order chi connectivity index (χ1) is 44.0. The van der Waals surface area contributed by atoms with Gasteiger partial charge >= 0.3 is 23.9 Å². The zero-order valence-corrected chi connectivity index (χ0v) is 58.7. The molecule has 0 aromatic rings. The smallest absolute Gasteiger partial charge is 0.336 e. The van der Waals surface area contributed by atoms with E-state index in [1.807, 2.05) is 39.0 Å². The highest BCUT2D eigenvalue weighted by Gasteiger charge is 2.57. The van der Waals surface area contributed by atoms with Crippen molar-refractivity contribution >= 4 is 35.4 Å². The highest BCUT2D eigenvalue weighted by Crippen LogP contribution is 2.63. The van der Waals surface area contributed by atoms with Gasteiger partial charge in [0.1, 0.15) is 49.7 Å². The lowest BCUT2D eigenvalue weighted by Crippen LogP contribution is -2.54. The van der Waals surface area contributed by atoms with E-state index in [1.54, 1.807) is 0 Å². The van der Waals surface area contributed by atoms with Gasteiger partial charge in [0.05, 0.1) is 34.5 Å². The molecule has 22 atom stereocenters. The molecule has 0 unspecified atom stereocenters. The van der Waals surface area contributed by atoms with Gasteiger partial charge in [-0.05, 0) is 210 Å². The zero-order valence-electron chi connectivity index (χ0n) is 58.7. The van der Waals surface area contributed by atoms with E-state index in [0.29, 0.717) is 96.6 Å². The highest BCUT2D eigenvalue weighted by molar-refractivity contribution is 5.93. The van der Waals surface area contributed by atoms with E-state index in [1.165, 1.54) is 22.3 Å². The first-order valence-corrected chi connectivity index (χ1v) is 35.8. The normalized spacial score (nSPS) is 45.2. The van der Waals surface area contributed by atoms with Crippen molar-refractivity contribution in [3.63, 3.8) is 0 Å². The van der Waals surface area contributed by atoms with Crippen molar-refractivity contribution in [2.24, 2.45) is 98.6 Å². The van der Waals surface area contributed by atoms with E-state index < -0.39 is 47.4 Å². The van der Waals surface area contributed by atoms with Crippen molar-refractivity contribution in [3.05, 3.63) is 95.2 Å². The second kappa shape index (κ2) is 28.4. The number of ether oxygens (including phenoxy) is 4. The van der Waals surface area contributed by atoms with Crippen LogP contribution in [0.1, 0.15) is 205 Å². The molecular weight excluding hydrogens is 1190 g/mol. The third kappa shape index (κ3) is 14.2. The summed E-state index contributed by atoms with van der Waals surface area (Å²) in [5.74, 6) is 3.33. The number of hydrogen-bond donors (Lipinski definition) is 5. The minimum absolute atomic E-state index is 0.0488. The Labute approximate surface area is 560 Å². The van der Waals surface area contributed by atoms with Crippen LogP contribution in [0.15, 0.2) is 95.2 Å². The Balaban J connectivity index is 0.000000148. The summed E-state index contributed by atoms with van der Waals surface area (Å²) in [5, 5.41) is 51.0. The number of carbonyl (C=O) groups excluding carboxylic acids is 6. The summed E-state index contributed by atoms with van der Waals surface area (Å²) in [6.07, 6.45) is 23.0. The Bertz CT molecular complexity index is 2910. The Morgan fingerprint density at radius 2 is 0.649 bits per heavy atom. The first-order valence-electron chi connectivity index (χ1n) is 35.8. The Morgan fingerprint density at radius 1 is 0.383 bits per heavy atom. The molecule has 0 aromatic carbocycles. The molecule has 15 nitrogen and oxygen atoms in total. The summed E-state index contributed by atoms with van der Waals surface area (Å²) in [6, 6.07) is 0. The van der Waals surface area contributed by atoms with Crippen LogP contribution in [0.3, 0.4) is 0 Å². The number of hydrogen-bond acceptors (Lipinski definition) is 15. The third-order valence-electron chi connectivity index (χ3n) is 27.6. The molecule has 8 saturated carbocycles. The molecule has 94 heavy (non-hydrogen) atoms. The van der Waals surface area contributed by atoms with Gasteiger partial charge < -0.3 is 44.5 Å². The predicted molar refractivity (Wildman–Crippen MR) is 361 cm³/mol. The molecule has 0 amide bonds. The SMILES string of the molecule is C=C1CC[C@@H]2[C@@H](C)C(=O)CC[C@@]2(C)[C@@H]1C/C=C1/C(=O)OC[C@H]1C.C=C1CC[C@@H]2[C@@H](C)C(=O)CC[C@@]2(C)[C@@H]1C/C=C1/C(=O)OC[C@H]1O.C=C1CC[C@@H]2[C@@H](C)[C@@](C)(O)CC[C@@]2(C)[C@@H]1C/C=C1/C(=O)OC[C@H]1O.C=C1CC[C@@H]2[C@@H](C)[C@](C)(O)CC[C@@]2(C)[C@@H]1C/C=C1/C(=O)OC[C@H]1O. The number of aliphatic hydroxyl groups is 5.